The first kappa shape index (κ1) is 17.7. The van der Waals surface area contributed by atoms with Crippen LogP contribution in [0.4, 0.5) is 5.69 Å². The van der Waals surface area contributed by atoms with E-state index in [0.717, 1.165) is 5.56 Å². The summed E-state index contributed by atoms with van der Waals surface area (Å²) in [5, 5.41) is 9.61. The van der Waals surface area contributed by atoms with Gasteiger partial charge in [-0.05, 0) is 41.6 Å². The van der Waals surface area contributed by atoms with Gasteiger partial charge < -0.3 is 5.11 Å². The second-order valence-electron chi connectivity index (χ2n) is 5.48. The molecular formula is C20H16N2O3S. The molecule has 2 aromatic rings. The van der Waals surface area contributed by atoms with Gasteiger partial charge in [-0.25, -0.2) is 9.79 Å². The summed E-state index contributed by atoms with van der Waals surface area (Å²) in [5.41, 5.74) is 1.56. The van der Waals surface area contributed by atoms with Crippen molar-refractivity contribution in [3.8, 4) is 0 Å². The van der Waals surface area contributed by atoms with Crippen LogP contribution < -0.4 is 0 Å². The lowest BCUT2D eigenvalue weighted by atomic mass is 10.2. The highest BCUT2D eigenvalue weighted by atomic mass is 32.2. The molecule has 0 spiro atoms. The predicted octanol–water partition coefficient (Wildman–Crippen LogP) is 4.17. The molecule has 0 saturated carbocycles. The van der Waals surface area contributed by atoms with Gasteiger partial charge in [-0.1, -0.05) is 42.5 Å². The fourth-order valence-electron chi connectivity index (χ4n) is 2.40. The Morgan fingerprint density at radius 1 is 1.19 bits per heavy atom. The van der Waals surface area contributed by atoms with Crippen LogP contribution in [-0.2, 0) is 4.79 Å². The van der Waals surface area contributed by atoms with E-state index in [2.05, 4.69) is 11.6 Å². The van der Waals surface area contributed by atoms with E-state index < -0.39 is 5.97 Å². The fourth-order valence-corrected chi connectivity index (χ4v) is 3.41. The monoisotopic (exact) mass is 364 g/mol. The molecule has 1 fully saturated rings. The number of thioether (sulfide) groups is 1. The van der Waals surface area contributed by atoms with E-state index in [0.29, 0.717) is 22.3 Å². The van der Waals surface area contributed by atoms with Crippen molar-refractivity contribution >= 4 is 40.6 Å². The fraction of sp³-hybridized carbons (Fsp3) is 0.0500. The van der Waals surface area contributed by atoms with Crippen molar-refractivity contribution in [3.05, 3.63) is 83.3 Å². The van der Waals surface area contributed by atoms with Gasteiger partial charge in [-0.2, -0.15) is 0 Å². The minimum atomic E-state index is -1.02. The van der Waals surface area contributed by atoms with Crippen molar-refractivity contribution in [2.45, 2.75) is 0 Å². The van der Waals surface area contributed by atoms with Crippen molar-refractivity contribution < 1.29 is 14.7 Å². The number of carbonyl (C=O) groups excluding carboxylic acids is 1. The van der Waals surface area contributed by atoms with Gasteiger partial charge in [-0.15, -0.1) is 6.58 Å². The number of amides is 1. The molecule has 0 aromatic heterocycles. The number of carboxylic acids is 1. The molecule has 2 aromatic carbocycles. The number of amidine groups is 1. The summed E-state index contributed by atoms with van der Waals surface area (Å²) in [6.07, 6.45) is 3.45. The standard InChI is InChI=1S/C20H16N2O3S/c1-2-11-22-18(23)17(12-14-7-4-3-5-8-14)26-20(22)21-16-10-6-9-15(13-16)19(24)25/h2-10,12-13H,1,11H2,(H,24,25)/b17-12-,21-20?. The molecule has 1 heterocycles. The van der Waals surface area contributed by atoms with Crippen molar-refractivity contribution in [1.29, 1.82) is 0 Å². The SMILES string of the molecule is C=CCN1C(=O)/C(=C/c2ccccc2)SC1=Nc1cccc(C(=O)O)c1. The summed E-state index contributed by atoms with van der Waals surface area (Å²) in [5.74, 6) is -1.17. The van der Waals surface area contributed by atoms with Crippen molar-refractivity contribution in [3.63, 3.8) is 0 Å². The Morgan fingerprint density at radius 2 is 1.96 bits per heavy atom. The van der Waals surface area contributed by atoms with Crippen molar-refractivity contribution in [1.82, 2.24) is 4.90 Å². The number of carboxylic acid groups (broad SMARTS) is 1. The zero-order chi connectivity index (χ0) is 18.5. The van der Waals surface area contributed by atoms with Crippen LogP contribution in [-0.4, -0.2) is 33.6 Å². The number of benzene rings is 2. The van der Waals surface area contributed by atoms with Crippen LogP contribution in [0.1, 0.15) is 15.9 Å². The average molecular weight is 364 g/mol. The summed E-state index contributed by atoms with van der Waals surface area (Å²) >= 11 is 1.26. The molecule has 6 heteroatoms. The topological polar surface area (TPSA) is 70.0 Å². The molecule has 1 aliphatic rings. The zero-order valence-corrected chi connectivity index (χ0v) is 14.6. The van der Waals surface area contributed by atoms with Crippen LogP contribution in [0.15, 0.2) is 77.1 Å². The zero-order valence-electron chi connectivity index (χ0n) is 13.8. The predicted molar refractivity (Wildman–Crippen MR) is 104 cm³/mol. The maximum atomic E-state index is 12.7. The van der Waals surface area contributed by atoms with Crippen molar-refractivity contribution in [2.24, 2.45) is 4.99 Å². The second kappa shape index (κ2) is 7.84. The third-order valence-electron chi connectivity index (χ3n) is 3.61. The molecular weight excluding hydrogens is 348 g/mol. The molecule has 1 aliphatic heterocycles. The van der Waals surface area contributed by atoms with Crippen LogP contribution in [0.25, 0.3) is 6.08 Å². The Morgan fingerprint density at radius 3 is 2.65 bits per heavy atom. The smallest absolute Gasteiger partial charge is 0.335 e. The lowest BCUT2D eigenvalue weighted by Crippen LogP contribution is -2.29. The molecule has 5 nitrogen and oxygen atoms in total. The van der Waals surface area contributed by atoms with Gasteiger partial charge in [0.05, 0.1) is 16.2 Å². The number of carbonyl (C=O) groups is 2. The van der Waals surface area contributed by atoms with Crippen molar-refractivity contribution in [2.75, 3.05) is 6.54 Å². The molecule has 0 bridgehead atoms. The van der Waals surface area contributed by atoms with Crippen LogP contribution >= 0.6 is 11.8 Å². The van der Waals surface area contributed by atoms with Gasteiger partial charge in [0, 0.05) is 6.54 Å². The normalized spacial score (nSPS) is 17.1. The van der Waals surface area contributed by atoms with E-state index in [1.54, 1.807) is 18.2 Å². The van der Waals surface area contributed by atoms with E-state index in [4.69, 9.17) is 5.11 Å². The van der Waals surface area contributed by atoms with Gasteiger partial charge in [0.1, 0.15) is 0 Å². The van der Waals surface area contributed by atoms with E-state index in [1.165, 1.54) is 28.8 Å². The minimum absolute atomic E-state index is 0.146. The Labute approximate surface area is 155 Å². The molecule has 1 N–H and O–H groups in total. The van der Waals surface area contributed by atoms with Crippen LogP contribution in [0.5, 0.6) is 0 Å². The molecule has 1 amide bonds. The second-order valence-corrected chi connectivity index (χ2v) is 6.48. The average Bonchev–Trinajstić information content (AvgIpc) is 2.92. The molecule has 0 aliphatic carbocycles. The Hall–Kier alpha value is -3.12. The summed E-state index contributed by atoms with van der Waals surface area (Å²) < 4.78 is 0. The summed E-state index contributed by atoms with van der Waals surface area (Å²) in [6, 6.07) is 15.9. The first-order valence-electron chi connectivity index (χ1n) is 7.88. The Bertz CT molecular complexity index is 920. The minimum Gasteiger partial charge on any atom is -0.478 e. The highest BCUT2D eigenvalue weighted by Gasteiger charge is 2.32. The van der Waals surface area contributed by atoms with Crippen LogP contribution in [0, 0.1) is 0 Å². The van der Waals surface area contributed by atoms with E-state index in [9.17, 15) is 9.59 Å². The quantitative estimate of drug-likeness (QED) is 0.638. The number of hydrogen-bond acceptors (Lipinski definition) is 4. The molecule has 3 rings (SSSR count). The largest absolute Gasteiger partial charge is 0.478 e. The molecule has 130 valence electrons. The summed E-state index contributed by atoms with van der Waals surface area (Å²) in [6.45, 7) is 4.02. The van der Waals surface area contributed by atoms with Gasteiger partial charge >= 0.3 is 5.97 Å². The lowest BCUT2D eigenvalue weighted by Gasteiger charge is -2.12. The first-order valence-corrected chi connectivity index (χ1v) is 8.69. The highest BCUT2D eigenvalue weighted by molar-refractivity contribution is 8.18. The maximum absolute atomic E-state index is 12.7. The first-order chi connectivity index (χ1) is 12.6. The number of aliphatic imine (C=N–C) groups is 1. The molecule has 26 heavy (non-hydrogen) atoms. The third kappa shape index (κ3) is 3.92. The molecule has 0 radical (unpaired) electrons. The van der Waals surface area contributed by atoms with Gasteiger partial charge in [0.25, 0.3) is 5.91 Å². The summed E-state index contributed by atoms with van der Waals surface area (Å²) in [7, 11) is 0. The van der Waals surface area contributed by atoms with Gasteiger partial charge in [-0.3, -0.25) is 9.69 Å². The van der Waals surface area contributed by atoms with E-state index in [1.807, 2.05) is 36.4 Å². The highest BCUT2D eigenvalue weighted by Crippen LogP contribution is 2.34. The molecule has 0 atom stereocenters. The number of rotatable bonds is 5. The van der Waals surface area contributed by atoms with E-state index >= 15 is 0 Å². The number of hydrogen-bond donors (Lipinski definition) is 1. The third-order valence-corrected chi connectivity index (χ3v) is 4.62. The number of aromatic carboxylic acids is 1. The van der Waals surface area contributed by atoms with Crippen LogP contribution in [0.3, 0.4) is 0 Å². The van der Waals surface area contributed by atoms with Gasteiger partial charge in [0.2, 0.25) is 0 Å². The summed E-state index contributed by atoms with van der Waals surface area (Å²) in [4.78, 5) is 30.4. The Balaban J connectivity index is 1.96. The van der Waals surface area contributed by atoms with E-state index in [-0.39, 0.29) is 11.5 Å². The van der Waals surface area contributed by atoms with Crippen LogP contribution in [0.2, 0.25) is 0 Å². The Kier molecular flexibility index (Phi) is 5.34. The maximum Gasteiger partial charge on any atom is 0.335 e. The number of nitrogens with zero attached hydrogens (tertiary/aromatic N) is 2. The molecule has 1 saturated heterocycles. The lowest BCUT2D eigenvalue weighted by molar-refractivity contribution is -0.121. The van der Waals surface area contributed by atoms with Gasteiger partial charge in [0.15, 0.2) is 5.17 Å². The molecule has 0 unspecified atom stereocenters.